The van der Waals surface area contributed by atoms with Crippen molar-refractivity contribution >= 4 is 11.6 Å². The van der Waals surface area contributed by atoms with Gasteiger partial charge in [-0.05, 0) is 62.2 Å². The number of Topliss-reactive ketones (excluding diaryl/α,β-unsaturated/α-hetero) is 1. The van der Waals surface area contributed by atoms with Crippen LogP contribution in [-0.2, 0) is 9.59 Å². The first-order valence-corrected chi connectivity index (χ1v) is 9.11. The lowest BCUT2D eigenvalue weighted by Gasteiger charge is -2.58. The molecule has 1 N–H and O–H groups in total. The lowest BCUT2D eigenvalue weighted by atomic mass is 9.47. The number of fused-ring (bicyclic) bond motifs is 5. The minimum absolute atomic E-state index is 0.0671. The van der Waals surface area contributed by atoms with Gasteiger partial charge in [0.05, 0.1) is 6.10 Å². The van der Waals surface area contributed by atoms with E-state index in [-0.39, 0.29) is 28.3 Å². The third kappa shape index (κ3) is 1.94. The lowest BCUT2D eigenvalue weighted by molar-refractivity contribution is -0.120. The first-order chi connectivity index (χ1) is 11.3. The van der Waals surface area contributed by atoms with Crippen LogP contribution in [-0.4, -0.2) is 22.8 Å². The van der Waals surface area contributed by atoms with Crippen LogP contribution in [0.4, 0.5) is 0 Å². The van der Waals surface area contributed by atoms with E-state index in [4.69, 9.17) is 0 Å². The molecule has 0 aliphatic heterocycles. The molecular formula is C21H26O3. The third-order valence-corrected chi connectivity index (χ3v) is 7.46. The number of carbonyl (C=O) groups is 2. The van der Waals surface area contributed by atoms with E-state index in [1.54, 1.807) is 19.1 Å². The standard InChI is InChI=1S/C21H26O3/c1-12(22)16-6-7-17-15-5-4-13-10-14(23)8-9-20(13,2)19(15)18(24)11-21(16,17)3/h6,8-10,15,17-19,24H,4-5,7,11H2,1-3H3/t15?,17?,18-,19?,20?,21?/m0/s1. The number of carbonyl (C=O) groups excluding carboxylic acids is 2. The molecule has 3 nitrogen and oxygen atoms in total. The normalized spacial score (nSPS) is 46.6. The maximum Gasteiger partial charge on any atom is 0.178 e. The minimum atomic E-state index is -0.441. The fourth-order valence-electron chi connectivity index (χ4n) is 6.44. The summed E-state index contributed by atoms with van der Waals surface area (Å²) in [6.45, 7) is 6.00. The Morgan fingerprint density at radius 2 is 2.08 bits per heavy atom. The number of ketones is 2. The Morgan fingerprint density at radius 1 is 1.33 bits per heavy atom. The second-order valence-electron chi connectivity index (χ2n) is 8.62. The molecule has 0 aromatic rings. The monoisotopic (exact) mass is 326 g/mol. The molecule has 0 bridgehead atoms. The third-order valence-electron chi connectivity index (χ3n) is 7.46. The summed E-state index contributed by atoms with van der Waals surface area (Å²) in [6.07, 6.45) is 10.7. The Morgan fingerprint density at radius 3 is 2.79 bits per heavy atom. The highest BCUT2D eigenvalue weighted by atomic mass is 16.3. The molecule has 0 spiro atoms. The second kappa shape index (κ2) is 5.01. The second-order valence-corrected chi connectivity index (χ2v) is 8.62. The molecule has 0 heterocycles. The molecule has 2 fully saturated rings. The number of aliphatic hydroxyl groups excluding tert-OH is 1. The van der Waals surface area contributed by atoms with Crippen molar-refractivity contribution in [1.82, 2.24) is 0 Å². The highest BCUT2D eigenvalue weighted by molar-refractivity contribution is 6.01. The van der Waals surface area contributed by atoms with Gasteiger partial charge in [0.15, 0.2) is 11.6 Å². The van der Waals surface area contributed by atoms with E-state index in [9.17, 15) is 14.7 Å². The Bertz CT molecular complexity index is 713. The highest BCUT2D eigenvalue weighted by Gasteiger charge is 2.60. The molecule has 4 aliphatic carbocycles. The average molecular weight is 326 g/mol. The summed E-state index contributed by atoms with van der Waals surface area (Å²) in [7, 11) is 0. The molecule has 4 aliphatic rings. The van der Waals surface area contributed by atoms with Gasteiger partial charge in [0.25, 0.3) is 0 Å². The van der Waals surface area contributed by atoms with Crippen molar-refractivity contribution in [2.45, 2.75) is 52.6 Å². The van der Waals surface area contributed by atoms with Crippen LogP contribution in [0.25, 0.3) is 0 Å². The average Bonchev–Trinajstić information content (AvgIpc) is 2.84. The SMILES string of the molecule is CC(=O)C1=CCC2C3CCC4=CC(=O)C=CC4(C)C3[C@@H](O)CC12C. The molecule has 5 unspecified atom stereocenters. The van der Waals surface area contributed by atoms with Gasteiger partial charge in [-0.1, -0.05) is 31.6 Å². The van der Waals surface area contributed by atoms with Crippen LogP contribution in [0.15, 0.2) is 35.5 Å². The molecule has 0 aromatic carbocycles. The zero-order chi connectivity index (χ0) is 17.3. The lowest BCUT2D eigenvalue weighted by Crippen LogP contribution is -2.55. The topological polar surface area (TPSA) is 54.4 Å². The Hall–Kier alpha value is -1.48. The summed E-state index contributed by atoms with van der Waals surface area (Å²) >= 11 is 0. The molecule has 24 heavy (non-hydrogen) atoms. The van der Waals surface area contributed by atoms with Crippen LogP contribution in [0.3, 0.4) is 0 Å². The molecule has 0 saturated heterocycles. The van der Waals surface area contributed by atoms with Crippen LogP contribution >= 0.6 is 0 Å². The Labute approximate surface area is 143 Å². The predicted molar refractivity (Wildman–Crippen MR) is 92.2 cm³/mol. The van der Waals surface area contributed by atoms with Gasteiger partial charge in [0.1, 0.15) is 0 Å². The number of hydrogen-bond donors (Lipinski definition) is 1. The molecule has 3 heteroatoms. The van der Waals surface area contributed by atoms with Gasteiger partial charge < -0.3 is 5.11 Å². The molecule has 4 rings (SSSR count). The van der Waals surface area contributed by atoms with Gasteiger partial charge in [-0.15, -0.1) is 0 Å². The van der Waals surface area contributed by atoms with E-state index in [2.05, 4.69) is 19.9 Å². The molecule has 128 valence electrons. The predicted octanol–water partition coefficient (Wildman–Crippen LogP) is 3.39. The van der Waals surface area contributed by atoms with Gasteiger partial charge in [0, 0.05) is 16.7 Å². The van der Waals surface area contributed by atoms with Crippen molar-refractivity contribution in [2.24, 2.45) is 28.6 Å². The summed E-state index contributed by atoms with van der Waals surface area (Å²) in [4.78, 5) is 23.9. The van der Waals surface area contributed by atoms with Crippen LogP contribution < -0.4 is 0 Å². The van der Waals surface area contributed by atoms with Crippen molar-refractivity contribution in [1.29, 1.82) is 0 Å². The van der Waals surface area contributed by atoms with E-state index in [1.165, 1.54) is 5.57 Å². The van der Waals surface area contributed by atoms with Crippen LogP contribution in [0, 0.1) is 28.6 Å². The van der Waals surface area contributed by atoms with Crippen LogP contribution in [0.2, 0.25) is 0 Å². The summed E-state index contributed by atoms with van der Waals surface area (Å²) in [5.41, 5.74) is 1.68. The maximum atomic E-state index is 12.1. The molecule has 6 atom stereocenters. The number of rotatable bonds is 1. The fourth-order valence-corrected chi connectivity index (χ4v) is 6.44. The zero-order valence-electron chi connectivity index (χ0n) is 14.7. The summed E-state index contributed by atoms with van der Waals surface area (Å²) in [6, 6.07) is 0. The number of aliphatic hydroxyl groups is 1. The smallest absolute Gasteiger partial charge is 0.178 e. The van der Waals surface area contributed by atoms with Crippen molar-refractivity contribution in [3.63, 3.8) is 0 Å². The molecule has 0 radical (unpaired) electrons. The first kappa shape index (κ1) is 16.0. The number of hydrogen-bond acceptors (Lipinski definition) is 3. The van der Waals surface area contributed by atoms with Gasteiger partial charge in [-0.2, -0.15) is 0 Å². The van der Waals surface area contributed by atoms with Gasteiger partial charge in [-0.3, -0.25) is 9.59 Å². The largest absolute Gasteiger partial charge is 0.393 e. The van der Waals surface area contributed by atoms with Crippen molar-refractivity contribution in [3.05, 3.63) is 35.5 Å². The van der Waals surface area contributed by atoms with Crippen LogP contribution in [0.1, 0.15) is 46.5 Å². The van der Waals surface area contributed by atoms with Gasteiger partial charge >= 0.3 is 0 Å². The zero-order valence-corrected chi connectivity index (χ0v) is 14.7. The first-order valence-electron chi connectivity index (χ1n) is 9.11. The highest BCUT2D eigenvalue weighted by Crippen LogP contribution is 2.64. The summed E-state index contributed by atoms with van der Waals surface area (Å²) in [5.74, 6) is 1.18. The molecule has 0 amide bonds. The quantitative estimate of drug-likeness (QED) is 0.803. The van der Waals surface area contributed by atoms with E-state index in [0.29, 0.717) is 18.3 Å². The van der Waals surface area contributed by atoms with Gasteiger partial charge in [-0.25, -0.2) is 0 Å². The van der Waals surface area contributed by atoms with Crippen molar-refractivity contribution < 1.29 is 14.7 Å². The fraction of sp³-hybridized carbons (Fsp3) is 0.619. The molecular weight excluding hydrogens is 300 g/mol. The number of allylic oxidation sites excluding steroid dienone is 6. The van der Waals surface area contributed by atoms with Crippen LogP contribution in [0.5, 0.6) is 0 Å². The molecule has 0 aromatic heterocycles. The minimum Gasteiger partial charge on any atom is -0.393 e. The van der Waals surface area contributed by atoms with E-state index < -0.39 is 6.10 Å². The maximum absolute atomic E-state index is 12.1. The van der Waals surface area contributed by atoms with E-state index in [1.807, 2.05) is 6.08 Å². The summed E-state index contributed by atoms with van der Waals surface area (Å²) in [5, 5.41) is 11.1. The van der Waals surface area contributed by atoms with E-state index in [0.717, 1.165) is 24.8 Å². The summed E-state index contributed by atoms with van der Waals surface area (Å²) < 4.78 is 0. The Kier molecular flexibility index (Phi) is 3.34. The van der Waals surface area contributed by atoms with Crippen molar-refractivity contribution in [2.75, 3.05) is 0 Å². The Balaban J connectivity index is 1.75. The van der Waals surface area contributed by atoms with Gasteiger partial charge in [0.2, 0.25) is 0 Å². The van der Waals surface area contributed by atoms with Crippen molar-refractivity contribution in [3.8, 4) is 0 Å². The van der Waals surface area contributed by atoms with E-state index >= 15 is 0 Å². The molecule has 2 saturated carbocycles.